The molecule has 110 valence electrons. The summed E-state index contributed by atoms with van der Waals surface area (Å²) in [6.07, 6.45) is -3.53. The van der Waals surface area contributed by atoms with E-state index in [-0.39, 0.29) is 12.4 Å². The largest absolute Gasteiger partial charge is 0.411 e. The van der Waals surface area contributed by atoms with Crippen molar-refractivity contribution in [3.8, 4) is 0 Å². The Morgan fingerprint density at radius 2 is 2.15 bits per heavy atom. The van der Waals surface area contributed by atoms with Crippen molar-refractivity contribution in [1.29, 1.82) is 0 Å². The molecule has 0 aliphatic carbocycles. The van der Waals surface area contributed by atoms with Crippen molar-refractivity contribution in [2.24, 2.45) is 5.84 Å². The number of nitrogen functional groups attached to an aromatic ring is 1. The molecule has 0 fully saturated rings. The zero-order valence-electron chi connectivity index (χ0n) is 10.6. The minimum absolute atomic E-state index is 0.166. The van der Waals surface area contributed by atoms with Crippen LogP contribution in [-0.4, -0.2) is 22.8 Å². The molecule has 0 amide bonds. The molecule has 2 rings (SSSR count). The van der Waals surface area contributed by atoms with Gasteiger partial charge in [0, 0.05) is 4.88 Å². The molecule has 0 spiro atoms. The van der Waals surface area contributed by atoms with E-state index < -0.39 is 12.8 Å². The first-order valence-corrected chi connectivity index (χ1v) is 6.65. The van der Waals surface area contributed by atoms with Gasteiger partial charge in [0.05, 0.1) is 5.39 Å². The van der Waals surface area contributed by atoms with Crippen LogP contribution in [0.3, 0.4) is 0 Å². The van der Waals surface area contributed by atoms with Crippen molar-refractivity contribution in [1.82, 2.24) is 9.97 Å². The van der Waals surface area contributed by atoms with Crippen LogP contribution in [0.4, 0.5) is 19.0 Å². The van der Waals surface area contributed by atoms with E-state index in [0.29, 0.717) is 10.6 Å². The third kappa shape index (κ3) is 3.56. The second-order valence-corrected chi connectivity index (χ2v) is 5.14. The first-order valence-electron chi connectivity index (χ1n) is 5.83. The van der Waals surface area contributed by atoms with Crippen molar-refractivity contribution in [3.05, 3.63) is 16.8 Å². The molecule has 2 aromatic heterocycles. The van der Waals surface area contributed by atoms with E-state index in [1.165, 1.54) is 11.3 Å². The maximum atomic E-state index is 12.0. The molecule has 9 heteroatoms. The molecule has 0 aromatic carbocycles. The molecule has 0 radical (unpaired) electrons. The molecule has 2 aromatic rings. The lowest BCUT2D eigenvalue weighted by Gasteiger charge is -2.08. The number of aromatic nitrogens is 2. The molecule has 0 aliphatic rings. The van der Waals surface area contributed by atoms with Gasteiger partial charge < -0.3 is 10.2 Å². The molecule has 0 saturated carbocycles. The fraction of sp³-hybridized carbons (Fsp3) is 0.455. The summed E-state index contributed by atoms with van der Waals surface area (Å²) in [6.45, 7) is 0.356. The third-order valence-corrected chi connectivity index (χ3v) is 3.65. The highest BCUT2D eigenvalue weighted by Crippen LogP contribution is 2.29. The molecule has 3 N–H and O–H groups in total. The van der Waals surface area contributed by atoms with E-state index in [4.69, 9.17) is 5.84 Å². The number of hydrogen-bond acceptors (Lipinski definition) is 6. The van der Waals surface area contributed by atoms with E-state index in [9.17, 15) is 13.2 Å². The second kappa shape index (κ2) is 5.90. The fourth-order valence-electron chi connectivity index (χ4n) is 1.62. The number of ether oxygens (including phenoxy) is 1. The summed E-state index contributed by atoms with van der Waals surface area (Å²) in [4.78, 5) is 10.0. The highest BCUT2D eigenvalue weighted by atomic mass is 32.1. The number of anilines is 1. The van der Waals surface area contributed by atoms with Gasteiger partial charge in [-0.1, -0.05) is 6.92 Å². The van der Waals surface area contributed by atoms with Gasteiger partial charge in [0.25, 0.3) is 0 Å². The Balaban J connectivity index is 2.21. The minimum atomic E-state index is -4.36. The zero-order chi connectivity index (χ0) is 14.8. The first kappa shape index (κ1) is 14.9. The van der Waals surface area contributed by atoms with Crippen LogP contribution in [0.15, 0.2) is 6.07 Å². The Hall–Kier alpha value is -1.45. The van der Waals surface area contributed by atoms with Crippen LogP contribution < -0.4 is 11.3 Å². The third-order valence-electron chi connectivity index (χ3n) is 2.47. The number of alkyl halides is 3. The van der Waals surface area contributed by atoms with Crippen LogP contribution in [0.25, 0.3) is 10.2 Å². The van der Waals surface area contributed by atoms with Gasteiger partial charge in [-0.05, 0) is 12.5 Å². The number of nitrogens with one attached hydrogen (secondary N) is 1. The Kier molecular flexibility index (Phi) is 4.41. The van der Waals surface area contributed by atoms with E-state index in [1.54, 1.807) is 0 Å². The van der Waals surface area contributed by atoms with Crippen molar-refractivity contribution in [3.63, 3.8) is 0 Å². The van der Waals surface area contributed by atoms with E-state index in [1.807, 2.05) is 13.0 Å². The number of thiophene rings is 1. The molecule has 2 heterocycles. The van der Waals surface area contributed by atoms with Gasteiger partial charge in [0.15, 0.2) is 11.6 Å². The lowest BCUT2D eigenvalue weighted by Crippen LogP contribution is -2.17. The van der Waals surface area contributed by atoms with Gasteiger partial charge in [-0.25, -0.2) is 15.8 Å². The molecule has 20 heavy (non-hydrogen) atoms. The quantitative estimate of drug-likeness (QED) is 0.656. The average molecular weight is 306 g/mol. The summed E-state index contributed by atoms with van der Waals surface area (Å²) in [5, 5.41) is 0.758. The van der Waals surface area contributed by atoms with Crippen molar-refractivity contribution in [2.75, 3.05) is 12.0 Å². The number of nitrogens with zero attached hydrogens (tertiary/aromatic N) is 2. The van der Waals surface area contributed by atoms with Crippen LogP contribution in [0.5, 0.6) is 0 Å². The number of nitrogens with two attached hydrogens (primary N) is 1. The van der Waals surface area contributed by atoms with Crippen molar-refractivity contribution >= 4 is 27.4 Å². The number of rotatable bonds is 5. The van der Waals surface area contributed by atoms with Crippen LogP contribution in [0, 0.1) is 0 Å². The number of hydrazine groups is 1. The lowest BCUT2D eigenvalue weighted by molar-refractivity contribution is -0.177. The van der Waals surface area contributed by atoms with Crippen molar-refractivity contribution in [2.45, 2.75) is 26.1 Å². The van der Waals surface area contributed by atoms with E-state index in [0.717, 1.165) is 16.7 Å². The predicted octanol–water partition coefficient (Wildman–Crippen LogP) is 2.62. The zero-order valence-corrected chi connectivity index (χ0v) is 11.4. The monoisotopic (exact) mass is 306 g/mol. The normalized spacial score (nSPS) is 12.1. The Bertz CT molecular complexity index is 599. The highest BCUT2D eigenvalue weighted by molar-refractivity contribution is 7.18. The molecular formula is C11H13F3N4OS. The Morgan fingerprint density at radius 1 is 1.40 bits per heavy atom. The van der Waals surface area contributed by atoms with Crippen LogP contribution in [-0.2, 0) is 17.8 Å². The SMILES string of the molecule is CCc1cc2c(NN)nc(COCC(F)(F)F)nc2s1. The topological polar surface area (TPSA) is 73.1 Å². The van der Waals surface area contributed by atoms with Gasteiger partial charge in [-0.15, -0.1) is 11.3 Å². The predicted molar refractivity (Wildman–Crippen MR) is 70.3 cm³/mol. The molecule has 0 atom stereocenters. The fourth-order valence-corrected chi connectivity index (χ4v) is 2.61. The number of aryl methyl sites for hydroxylation is 1. The van der Waals surface area contributed by atoms with Crippen LogP contribution >= 0.6 is 11.3 Å². The maximum absolute atomic E-state index is 12.0. The summed E-state index contributed by atoms with van der Waals surface area (Å²) >= 11 is 1.46. The summed E-state index contributed by atoms with van der Waals surface area (Å²) in [6, 6.07) is 1.91. The van der Waals surface area contributed by atoms with Crippen LogP contribution in [0.2, 0.25) is 0 Å². The van der Waals surface area contributed by atoms with Gasteiger partial charge in [-0.3, -0.25) is 0 Å². The standard InChI is InChI=1S/C11H13F3N4OS/c1-2-6-3-7-9(18-15)16-8(17-10(7)20-6)4-19-5-11(12,13)14/h3H,2,4-5,15H2,1H3,(H,16,17,18). The Labute approximate surface area is 116 Å². The Morgan fingerprint density at radius 3 is 2.75 bits per heavy atom. The first-order chi connectivity index (χ1) is 9.43. The average Bonchev–Trinajstić information content (AvgIpc) is 2.79. The number of fused-ring (bicyclic) bond motifs is 1. The summed E-state index contributed by atoms with van der Waals surface area (Å²) in [7, 11) is 0. The van der Waals surface area contributed by atoms with E-state index >= 15 is 0 Å². The molecule has 0 saturated heterocycles. The van der Waals surface area contributed by atoms with Crippen molar-refractivity contribution < 1.29 is 17.9 Å². The molecule has 0 aliphatic heterocycles. The molecular weight excluding hydrogens is 293 g/mol. The summed E-state index contributed by atoms with van der Waals surface area (Å²) in [5.41, 5.74) is 2.43. The molecule has 0 unspecified atom stereocenters. The highest BCUT2D eigenvalue weighted by Gasteiger charge is 2.27. The summed E-state index contributed by atoms with van der Waals surface area (Å²) in [5.74, 6) is 5.93. The minimum Gasteiger partial charge on any atom is -0.364 e. The number of hydrogen-bond donors (Lipinski definition) is 2. The molecule has 5 nitrogen and oxygen atoms in total. The van der Waals surface area contributed by atoms with E-state index in [2.05, 4.69) is 20.1 Å². The van der Waals surface area contributed by atoms with Gasteiger partial charge in [0.2, 0.25) is 0 Å². The second-order valence-electron chi connectivity index (χ2n) is 4.03. The molecule has 0 bridgehead atoms. The lowest BCUT2D eigenvalue weighted by atomic mass is 10.3. The van der Waals surface area contributed by atoms with Gasteiger partial charge in [-0.2, -0.15) is 13.2 Å². The van der Waals surface area contributed by atoms with Gasteiger partial charge >= 0.3 is 6.18 Å². The van der Waals surface area contributed by atoms with Crippen LogP contribution in [0.1, 0.15) is 17.6 Å². The number of halogens is 3. The maximum Gasteiger partial charge on any atom is 0.411 e. The smallest absolute Gasteiger partial charge is 0.364 e. The van der Waals surface area contributed by atoms with Gasteiger partial charge in [0.1, 0.15) is 18.0 Å². The summed E-state index contributed by atoms with van der Waals surface area (Å²) < 4.78 is 40.6.